The fourth-order valence-corrected chi connectivity index (χ4v) is 1.74. The third-order valence-electron chi connectivity index (χ3n) is 0.796. The zero-order valence-corrected chi connectivity index (χ0v) is 8.09. The Morgan fingerprint density at radius 1 is 1.67 bits per heavy atom. The van der Waals surface area contributed by atoms with E-state index in [9.17, 15) is 9.36 Å². The number of nitrogens with one attached hydrogen (secondary N) is 1. The van der Waals surface area contributed by atoms with Crippen molar-refractivity contribution in [2.75, 3.05) is 0 Å². The summed E-state index contributed by atoms with van der Waals surface area (Å²) in [4.78, 5) is 10.5. The number of amides is 1. The van der Waals surface area contributed by atoms with Crippen LogP contribution in [0.5, 0.6) is 0 Å². The smallest absolute Gasteiger partial charge is 0.300 e. The average Bonchev–Trinajstić information content (AvgIpc) is 1.83. The average molecular weight is 190 g/mol. The first-order chi connectivity index (χ1) is 5.39. The molecule has 0 aromatic heterocycles. The molecule has 1 atom stereocenters. The highest BCUT2D eigenvalue weighted by atomic mass is 31.2. The molecule has 0 aromatic rings. The van der Waals surface area contributed by atoms with Gasteiger partial charge in [0.2, 0.25) is 5.91 Å². The Balaban J connectivity index is 4.39. The minimum Gasteiger partial charge on any atom is -0.300 e. The summed E-state index contributed by atoms with van der Waals surface area (Å²) in [6, 6.07) is 0. The van der Waals surface area contributed by atoms with Gasteiger partial charge in [0, 0.05) is 6.92 Å². The van der Waals surface area contributed by atoms with Crippen LogP contribution in [0, 0.1) is 11.1 Å². The van der Waals surface area contributed by atoms with E-state index in [1.165, 1.54) is 12.7 Å². The Morgan fingerprint density at radius 3 is 2.42 bits per heavy atom. The molecule has 12 heavy (non-hydrogen) atoms. The number of rotatable bonds is 3. The van der Waals surface area contributed by atoms with Gasteiger partial charge in [-0.3, -0.25) is 14.4 Å². The normalized spacial score (nSPS) is 14.9. The molecule has 0 aliphatic rings. The highest BCUT2D eigenvalue weighted by Crippen LogP contribution is 2.41. The first kappa shape index (κ1) is 11.2. The summed E-state index contributed by atoms with van der Waals surface area (Å²) < 4.78 is 16.0. The molecule has 0 fully saturated rings. The first-order valence-corrected chi connectivity index (χ1v) is 5.01. The number of hydrogen-bond donors (Lipinski definition) is 1. The van der Waals surface area contributed by atoms with Crippen LogP contribution in [0.2, 0.25) is 0 Å². The number of carbonyl (C=O) groups excluding carboxylic acids is 1. The van der Waals surface area contributed by atoms with Crippen LogP contribution in [0.1, 0.15) is 20.8 Å². The van der Waals surface area contributed by atoms with E-state index in [1.807, 2.05) is 5.09 Å². The third-order valence-corrected chi connectivity index (χ3v) is 2.39. The van der Waals surface area contributed by atoms with E-state index in [1.54, 1.807) is 13.8 Å². The Labute approximate surface area is 71.2 Å². The standard InChI is InChI=1S/C6H11N2O3P/c1-5(2)11-12(10,4-7)8-6(3)9/h5H,1-3H3,(H,8,9,10). The third kappa shape index (κ3) is 4.12. The molecule has 0 aliphatic heterocycles. The van der Waals surface area contributed by atoms with Gasteiger partial charge in [0.1, 0.15) is 0 Å². The molecule has 0 bridgehead atoms. The number of carbonyl (C=O) groups is 1. The summed E-state index contributed by atoms with van der Waals surface area (Å²) in [6.45, 7) is 4.44. The SMILES string of the molecule is CC(=O)NP(=O)(C#N)OC(C)C. The van der Waals surface area contributed by atoms with Crippen LogP contribution in [0.4, 0.5) is 0 Å². The van der Waals surface area contributed by atoms with Crippen molar-refractivity contribution < 1.29 is 13.9 Å². The van der Waals surface area contributed by atoms with Gasteiger partial charge in [-0.1, -0.05) is 0 Å². The van der Waals surface area contributed by atoms with Crippen LogP contribution in [-0.4, -0.2) is 12.0 Å². The van der Waals surface area contributed by atoms with Gasteiger partial charge in [0.25, 0.3) is 0 Å². The molecule has 68 valence electrons. The van der Waals surface area contributed by atoms with E-state index in [-0.39, 0.29) is 6.10 Å². The lowest BCUT2D eigenvalue weighted by atomic mass is 10.5. The second-order valence-corrected chi connectivity index (χ2v) is 4.21. The summed E-state index contributed by atoms with van der Waals surface area (Å²) in [5, 5.41) is 10.4. The highest BCUT2D eigenvalue weighted by Gasteiger charge is 2.25. The number of nitrogens with zero attached hydrogens (tertiary/aromatic N) is 1. The summed E-state index contributed by atoms with van der Waals surface area (Å²) >= 11 is 0. The molecule has 0 saturated heterocycles. The van der Waals surface area contributed by atoms with E-state index in [0.29, 0.717) is 0 Å². The van der Waals surface area contributed by atoms with Crippen molar-refractivity contribution in [2.45, 2.75) is 26.9 Å². The highest BCUT2D eigenvalue weighted by molar-refractivity contribution is 7.62. The minimum absolute atomic E-state index is 0.359. The van der Waals surface area contributed by atoms with E-state index < -0.39 is 13.4 Å². The monoisotopic (exact) mass is 190 g/mol. The molecule has 0 saturated carbocycles. The largest absolute Gasteiger partial charge is 0.395 e. The van der Waals surface area contributed by atoms with Crippen molar-refractivity contribution in [1.29, 1.82) is 5.26 Å². The summed E-state index contributed by atoms with van der Waals surface area (Å²) in [5.41, 5.74) is 0. The topological polar surface area (TPSA) is 79.2 Å². The summed E-state index contributed by atoms with van der Waals surface area (Å²) in [6.07, 6.45) is -0.359. The lowest BCUT2D eigenvalue weighted by Gasteiger charge is -2.13. The van der Waals surface area contributed by atoms with Crippen molar-refractivity contribution in [3.63, 3.8) is 0 Å². The molecule has 1 amide bonds. The van der Waals surface area contributed by atoms with Crippen molar-refractivity contribution >= 4 is 13.4 Å². The molecule has 0 heterocycles. The summed E-state index contributed by atoms with van der Waals surface area (Å²) in [7, 11) is -3.61. The Bertz CT molecular complexity index is 256. The molecule has 0 rings (SSSR count). The van der Waals surface area contributed by atoms with Gasteiger partial charge in [-0.2, -0.15) is 5.26 Å². The van der Waals surface area contributed by atoms with Gasteiger partial charge in [-0.15, -0.1) is 0 Å². The molecular weight excluding hydrogens is 179 g/mol. The maximum Gasteiger partial charge on any atom is 0.395 e. The van der Waals surface area contributed by atoms with Gasteiger partial charge in [0.15, 0.2) is 5.81 Å². The van der Waals surface area contributed by atoms with Crippen molar-refractivity contribution in [3.8, 4) is 5.81 Å². The van der Waals surface area contributed by atoms with Crippen molar-refractivity contribution in [2.24, 2.45) is 0 Å². The molecule has 0 aliphatic carbocycles. The fraction of sp³-hybridized carbons (Fsp3) is 0.667. The van der Waals surface area contributed by atoms with E-state index in [0.717, 1.165) is 0 Å². The molecule has 0 radical (unpaired) electrons. The van der Waals surface area contributed by atoms with Crippen molar-refractivity contribution in [1.82, 2.24) is 5.09 Å². The van der Waals surface area contributed by atoms with Crippen molar-refractivity contribution in [3.05, 3.63) is 0 Å². The van der Waals surface area contributed by atoms with Gasteiger partial charge in [-0.25, -0.2) is 0 Å². The van der Waals surface area contributed by atoms with Crippen LogP contribution in [0.3, 0.4) is 0 Å². The zero-order valence-electron chi connectivity index (χ0n) is 7.20. The van der Waals surface area contributed by atoms with Gasteiger partial charge >= 0.3 is 7.52 Å². The van der Waals surface area contributed by atoms with Crippen LogP contribution < -0.4 is 5.09 Å². The van der Waals surface area contributed by atoms with Gasteiger partial charge in [0.05, 0.1) is 6.10 Å². The number of nitriles is 1. The second-order valence-electron chi connectivity index (χ2n) is 2.47. The van der Waals surface area contributed by atoms with E-state index in [4.69, 9.17) is 9.79 Å². The predicted molar refractivity (Wildman–Crippen MR) is 43.3 cm³/mol. The number of hydrogen-bond acceptors (Lipinski definition) is 4. The summed E-state index contributed by atoms with van der Waals surface area (Å²) in [5.74, 6) is 0.901. The maximum atomic E-state index is 11.3. The maximum absolute atomic E-state index is 11.3. The molecule has 0 spiro atoms. The molecule has 0 aromatic carbocycles. The van der Waals surface area contributed by atoms with Crippen LogP contribution in [0.25, 0.3) is 0 Å². The predicted octanol–water partition coefficient (Wildman–Crippen LogP) is 1.22. The van der Waals surface area contributed by atoms with Crippen LogP contribution >= 0.6 is 7.52 Å². The minimum atomic E-state index is -3.61. The zero-order chi connectivity index (χ0) is 9.78. The molecule has 1 N–H and O–H groups in total. The van der Waals surface area contributed by atoms with E-state index >= 15 is 0 Å². The second kappa shape index (κ2) is 4.24. The Kier molecular flexibility index (Phi) is 3.94. The van der Waals surface area contributed by atoms with Crippen LogP contribution in [0.15, 0.2) is 0 Å². The quantitative estimate of drug-likeness (QED) is 0.678. The lowest BCUT2D eigenvalue weighted by molar-refractivity contribution is -0.117. The Morgan fingerprint density at radius 2 is 2.17 bits per heavy atom. The Hall–Kier alpha value is -0.850. The molecule has 6 heteroatoms. The lowest BCUT2D eigenvalue weighted by Crippen LogP contribution is -2.19. The van der Waals surface area contributed by atoms with E-state index in [2.05, 4.69) is 0 Å². The van der Waals surface area contributed by atoms with Gasteiger partial charge in [-0.05, 0) is 13.8 Å². The van der Waals surface area contributed by atoms with Crippen LogP contribution in [-0.2, 0) is 13.9 Å². The molecule has 5 nitrogen and oxygen atoms in total. The fourth-order valence-electron chi connectivity index (χ4n) is 0.579. The first-order valence-electron chi connectivity index (χ1n) is 3.38. The van der Waals surface area contributed by atoms with Gasteiger partial charge < -0.3 is 4.52 Å². The molecule has 1 unspecified atom stereocenters. The molecular formula is C6H11N2O3P.